The van der Waals surface area contributed by atoms with E-state index in [1.54, 1.807) is 0 Å². The van der Waals surface area contributed by atoms with E-state index in [0.717, 1.165) is 12.0 Å². The number of aliphatic hydroxyl groups is 1. The third-order valence-electron chi connectivity index (χ3n) is 4.16. The molecule has 0 bridgehead atoms. The molecule has 0 unspecified atom stereocenters. The Morgan fingerprint density at radius 1 is 1.05 bits per heavy atom. The van der Waals surface area contributed by atoms with E-state index >= 15 is 0 Å². The summed E-state index contributed by atoms with van der Waals surface area (Å²) in [5, 5.41) is 13.3. The second-order valence-electron chi connectivity index (χ2n) is 5.46. The molecule has 2 heteroatoms. The number of rotatable bonds is 4. The molecule has 0 spiro atoms. The average molecular weight is 267 g/mol. The first-order valence-corrected chi connectivity index (χ1v) is 7.38. The molecule has 1 aliphatic rings. The predicted octanol–water partition coefficient (Wildman–Crippen LogP) is 3.39. The molecule has 0 heterocycles. The van der Waals surface area contributed by atoms with E-state index in [4.69, 9.17) is 0 Å². The van der Waals surface area contributed by atoms with Crippen LogP contribution in [-0.2, 0) is 6.42 Å². The van der Waals surface area contributed by atoms with Crippen LogP contribution in [0.1, 0.15) is 41.6 Å². The number of aryl methyl sites for hydroxylation is 1. The molecule has 1 aliphatic carbocycles. The van der Waals surface area contributed by atoms with E-state index in [0.29, 0.717) is 6.04 Å². The topological polar surface area (TPSA) is 32.3 Å². The summed E-state index contributed by atoms with van der Waals surface area (Å²) in [4.78, 5) is 0. The van der Waals surface area contributed by atoms with Crippen molar-refractivity contribution < 1.29 is 5.11 Å². The van der Waals surface area contributed by atoms with Crippen molar-refractivity contribution in [3.63, 3.8) is 0 Å². The zero-order valence-corrected chi connectivity index (χ0v) is 11.6. The first kappa shape index (κ1) is 13.3. The van der Waals surface area contributed by atoms with Crippen molar-refractivity contribution in [2.45, 2.75) is 31.3 Å². The van der Waals surface area contributed by atoms with Gasteiger partial charge in [-0.15, -0.1) is 0 Å². The molecule has 0 amide bonds. The number of aliphatic hydroxyl groups excluding tert-OH is 1. The van der Waals surface area contributed by atoms with Crippen LogP contribution >= 0.6 is 0 Å². The fourth-order valence-corrected chi connectivity index (χ4v) is 3.11. The molecule has 0 saturated carbocycles. The smallest absolute Gasteiger partial charge is 0.0626 e. The molecule has 2 aromatic carbocycles. The van der Waals surface area contributed by atoms with E-state index in [9.17, 15) is 5.11 Å². The minimum absolute atomic E-state index is 0.00681. The highest BCUT2D eigenvalue weighted by molar-refractivity contribution is 5.32. The minimum atomic E-state index is 0.00681. The van der Waals surface area contributed by atoms with E-state index in [-0.39, 0.29) is 12.6 Å². The molecule has 2 atom stereocenters. The maximum absolute atomic E-state index is 9.70. The fraction of sp³-hybridized carbons (Fsp3) is 0.333. The maximum atomic E-state index is 9.70. The first-order chi connectivity index (χ1) is 9.88. The molecule has 3 rings (SSSR count). The van der Waals surface area contributed by atoms with Gasteiger partial charge in [0.15, 0.2) is 0 Å². The Morgan fingerprint density at radius 2 is 1.80 bits per heavy atom. The van der Waals surface area contributed by atoms with Crippen molar-refractivity contribution >= 4 is 0 Å². The third-order valence-corrected chi connectivity index (χ3v) is 4.16. The fourth-order valence-electron chi connectivity index (χ4n) is 3.11. The largest absolute Gasteiger partial charge is 0.394 e. The predicted molar refractivity (Wildman–Crippen MR) is 81.5 cm³/mol. The van der Waals surface area contributed by atoms with Gasteiger partial charge in [-0.2, -0.15) is 0 Å². The van der Waals surface area contributed by atoms with Gasteiger partial charge in [0.05, 0.1) is 12.6 Å². The summed E-state index contributed by atoms with van der Waals surface area (Å²) >= 11 is 0. The second kappa shape index (κ2) is 6.21. The molecule has 0 radical (unpaired) electrons. The van der Waals surface area contributed by atoms with Gasteiger partial charge in [0.25, 0.3) is 0 Å². The summed E-state index contributed by atoms with van der Waals surface area (Å²) in [6.45, 7) is 0.128. The van der Waals surface area contributed by atoms with E-state index < -0.39 is 0 Å². The summed E-state index contributed by atoms with van der Waals surface area (Å²) in [7, 11) is 0. The standard InChI is InChI=1S/C18H21NO/c20-13-18(15-8-2-1-3-9-15)19-17-12-6-10-14-7-4-5-11-16(14)17/h1-5,7-9,11,17-20H,6,10,12-13H2/t17-,18-/m1/s1. The van der Waals surface area contributed by atoms with Crippen LogP contribution in [0.5, 0.6) is 0 Å². The van der Waals surface area contributed by atoms with Gasteiger partial charge in [-0.25, -0.2) is 0 Å². The van der Waals surface area contributed by atoms with Crippen molar-refractivity contribution in [3.05, 3.63) is 71.3 Å². The number of benzene rings is 2. The van der Waals surface area contributed by atoms with Crippen molar-refractivity contribution in [1.29, 1.82) is 0 Å². The zero-order valence-electron chi connectivity index (χ0n) is 11.6. The van der Waals surface area contributed by atoms with Gasteiger partial charge in [-0.3, -0.25) is 0 Å². The van der Waals surface area contributed by atoms with Crippen molar-refractivity contribution in [3.8, 4) is 0 Å². The van der Waals surface area contributed by atoms with Crippen molar-refractivity contribution in [2.75, 3.05) is 6.61 Å². The Hall–Kier alpha value is -1.64. The lowest BCUT2D eigenvalue weighted by molar-refractivity contribution is 0.228. The normalized spacial score (nSPS) is 19.4. The molecule has 0 aliphatic heterocycles. The van der Waals surface area contributed by atoms with Crippen LogP contribution in [0.3, 0.4) is 0 Å². The SMILES string of the molecule is OC[C@@H](N[C@@H]1CCCc2ccccc21)c1ccccc1. The molecular formula is C18H21NO. The Labute approximate surface area is 120 Å². The van der Waals surface area contributed by atoms with Gasteiger partial charge in [0.2, 0.25) is 0 Å². The molecule has 0 fully saturated rings. The Bertz CT molecular complexity index is 552. The summed E-state index contributed by atoms with van der Waals surface area (Å²) in [6.07, 6.45) is 3.52. The lowest BCUT2D eigenvalue weighted by Crippen LogP contribution is -2.31. The summed E-state index contributed by atoms with van der Waals surface area (Å²) in [5.74, 6) is 0. The lowest BCUT2D eigenvalue weighted by atomic mass is 9.87. The van der Waals surface area contributed by atoms with Crippen LogP contribution in [0.25, 0.3) is 0 Å². The number of hydrogen-bond donors (Lipinski definition) is 2. The van der Waals surface area contributed by atoms with Gasteiger partial charge in [-0.05, 0) is 36.0 Å². The third kappa shape index (κ3) is 2.77. The monoisotopic (exact) mass is 267 g/mol. The molecule has 20 heavy (non-hydrogen) atoms. The van der Waals surface area contributed by atoms with Crippen molar-refractivity contribution in [2.24, 2.45) is 0 Å². The molecule has 2 aromatic rings. The Kier molecular flexibility index (Phi) is 4.14. The summed E-state index contributed by atoms with van der Waals surface area (Å²) < 4.78 is 0. The van der Waals surface area contributed by atoms with E-state index in [2.05, 4.69) is 41.7 Å². The van der Waals surface area contributed by atoms with Crippen LogP contribution in [0.2, 0.25) is 0 Å². The Morgan fingerprint density at radius 3 is 2.60 bits per heavy atom. The van der Waals surface area contributed by atoms with Crippen molar-refractivity contribution in [1.82, 2.24) is 5.32 Å². The average Bonchev–Trinajstić information content (AvgIpc) is 2.53. The summed E-state index contributed by atoms with van der Waals surface area (Å²) in [5.41, 5.74) is 3.99. The number of nitrogens with one attached hydrogen (secondary N) is 1. The van der Waals surface area contributed by atoms with Gasteiger partial charge in [0.1, 0.15) is 0 Å². The molecular weight excluding hydrogens is 246 g/mol. The molecule has 0 aromatic heterocycles. The second-order valence-corrected chi connectivity index (χ2v) is 5.46. The number of fused-ring (bicyclic) bond motifs is 1. The Balaban J connectivity index is 1.81. The van der Waals surface area contributed by atoms with Crippen LogP contribution < -0.4 is 5.32 Å². The maximum Gasteiger partial charge on any atom is 0.0626 e. The van der Waals surface area contributed by atoms with Gasteiger partial charge in [0, 0.05) is 6.04 Å². The minimum Gasteiger partial charge on any atom is -0.394 e. The number of hydrogen-bond acceptors (Lipinski definition) is 2. The van der Waals surface area contributed by atoms with Gasteiger partial charge >= 0.3 is 0 Å². The van der Waals surface area contributed by atoms with Gasteiger partial charge < -0.3 is 10.4 Å². The highest BCUT2D eigenvalue weighted by Gasteiger charge is 2.22. The molecule has 2 N–H and O–H groups in total. The first-order valence-electron chi connectivity index (χ1n) is 7.38. The summed E-state index contributed by atoms with van der Waals surface area (Å²) in [6, 6.07) is 19.2. The van der Waals surface area contributed by atoms with Crippen LogP contribution in [-0.4, -0.2) is 11.7 Å². The van der Waals surface area contributed by atoms with E-state index in [1.165, 1.54) is 24.0 Å². The highest BCUT2D eigenvalue weighted by atomic mass is 16.3. The lowest BCUT2D eigenvalue weighted by Gasteiger charge is -2.30. The van der Waals surface area contributed by atoms with Crippen LogP contribution in [0, 0.1) is 0 Å². The molecule has 104 valence electrons. The van der Waals surface area contributed by atoms with Gasteiger partial charge in [-0.1, -0.05) is 54.6 Å². The zero-order chi connectivity index (χ0) is 13.8. The van der Waals surface area contributed by atoms with Crippen LogP contribution in [0.4, 0.5) is 0 Å². The molecule has 2 nitrogen and oxygen atoms in total. The van der Waals surface area contributed by atoms with E-state index in [1.807, 2.05) is 18.2 Å². The van der Waals surface area contributed by atoms with Crippen LogP contribution in [0.15, 0.2) is 54.6 Å². The molecule has 0 saturated heterocycles. The quantitative estimate of drug-likeness (QED) is 0.890. The highest BCUT2D eigenvalue weighted by Crippen LogP contribution is 2.31.